The number of aromatic nitrogens is 2. The highest BCUT2D eigenvalue weighted by Gasteiger charge is 2.15. The number of furan rings is 1. The van der Waals surface area contributed by atoms with Gasteiger partial charge >= 0.3 is 0 Å². The number of carbonyl (C=O) groups excluding carboxylic acids is 1. The number of thioether (sulfide) groups is 1. The van der Waals surface area contributed by atoms with Gasteiger partial charge in [-0.2, -0.15) is 0 Å². The first-order valence-electron chi connectivity index (χ1n) is 9.55. The summed E-state index contributed by atoms with van der Waals surface area (Å²) in [5.41, 5.74) is 4.12. The minimum absolute atomic E-state index is 0.0983. The second-order valence-electron chi connectivity index (χ2n) is 6.83. The van der Waals surface area contributed by atoms with Gasteiger partial charge in [0.1, 0.15) is 5.76 Å². The Kier molecular flexibility index (Phi) is 5.99. The van der Waals surface area contributed by atoms with Gasteiger partial charge in [0.2, 0.25) is 5.91 Å². The Morgan fingerprint density at radius 3 is 2.47 bits per heavy atom. The van der Waals surface area contributed by atoms with Crippen LogP contribution in [0.5, 0.6) is 0 Å². The van der Waals surface area contributed by atoms with Gasteiger partial charge in [-0.25, -0.2) is 0 Å². The standard InChI is InChI=1S/C23H21N3O3S/c1-15(17-8-10-19(11-9-17)18-6-4-3-5-7-18)24-21(27)14-30-23-26-25-22(29-23)20-12-13-28-16(20)2/h3-13,15H,14H2,1-2H3,(H,24,27). The number of hydrogen-bond acceptors (Lipinski definition) is 6. The van der Waals surface area contributed by atoms with Crippen molar-refractivity contribution in [2.75, 3.05) is 5.75 Å². The molecule has 1 amide bonds. The highest BCUT2D eigenvalue weighted by atomic mass is 32.2. The summed E-state index contributed by atoms with van der Waals surface area (Å²) in [6, 6.07) is 20.1. The molecule has 30 heavy (non-hydrogen) atoms. The lowest BCUT2D eigenvalue weighted by Crippen LogP contribution is -2.28. The van der Waals surface area contributed by atoms with Gasteiger partial charge in [0, 0.05) is 0 Å². The fourth-order valence-electron chi connectivity index (χ4n) is 3.07. The lowest BCUT2D eigenvalue weighted by atomic mass is 10.0. The van der Waals surface area contributed by atoms with Crippen molar-refractivity contribution in [1.82, 2.24) is 15.5 Å². The van der Waals surface area contributed by atoms with E-state index in [1.54, 1.807) is 12.3 Å². The minimum atomic E-state index is -0.102. The van der Waals surface area contributed by atoms with Crippen molar-refractivity contribution in [2.24, 2.45) is 0 Å². The highest BCUT2D eigenvalue weighted by molar-refractivity contribution is 7.99. The Bertz CT molecular complexity index is 1120. The third-order valence-corrected chi connectivity index (χ3v) is 5.54. The van der Waals surface area contributed by atoms with Gasteiger partial charge in [-0.3, -0.25) is 4.79 Å². The Labute approximate surface area is 178 Å². The Morgan fingerprint density at radius 1 is 1.03 bits per heavy atom. The molecular formula is C23H21N3O3S. The molecule has 0 aliphatic rings. The van der Waals surface area contributed by atoms with Crippen LogP contribution in [0.3, 0.4) is 0 Å². The van der Waals surface area contributed by atoms with Crippen LogP contribution in [0.4, 0.5) is 0 Å². The second kappa shape index (κ2) is 9.00. The van der Waals surface area contributed by atoms with E-state index in [2.05, 4.69) is 39.8 Å². The first kappa shape index (κ1) is 20.0. The maximum atomic E-state index is 12.3. The van der Waals surface area contributed by atoms with Crippen LogP contribution in [0.25, 0.3) is 22.6 Å². The Balaban J connectivity index is 1.31. The molecule has 0 bridgehead atoms. The number of rotatable bonds is 7. The number of benzene rings is 2. The molecule has 0 aliphatic carbocycles. The van der Waals surface area contributed by atoms with Crippen LogP contribution in [-0.4, -0.2) is 21.9 Å². The van der Waals surface area contributed by atoms with E-state index >= 15 is 0 Å². The van der Waals surface area contributed by atoms with E-state index in [1.165, 1.54) is 17.3 Å². The number of nitrogens with zero attached hydrogens (tertiary/aromatic N) is 2. The monoisotopic (exact) mass is 419 g/mol. The minimum Gasteiger partial charge on any atom is -0.469 e. The summed E-state index contributed by atoms with van der Waals surface area (Å²) in [6.45, 7) is 3.79. The van der Waals surface area contributed by atoms with Crippen molar-refractivity contribution in [3.63, 3.8) is 0 Å². The fraction of sp³-hybridized carbons (Fsp3) is 0.174. The van der Waals surface area contributed by atoms with Gasteiger partial charge in [0.25, 0.3) is 11.1 Å². The van der Waals surface area contributed by atoms with E-state index in [1.807, 2.05) is 44.2 Å². The summed E-state index contributed by atoms with van der Waals surface area (Å²) in [7, 11) is 0. The molecule has 4 rings (SSSR count). The van der Waals surface area contributed by atoms with Crippen LogP contribution >= 0.6 is 11.8 Å². The molecule has 0 saturated heterocycles. The van der Waals surface area contributed by atoms with Gasteiger partial charge < -0.3 is 14.2 Å². The molecule has 0 radical (unpaired) electrons. The first-order chi connectivity index (χ1) is 14.6. The molecule has 152 valence electrons. The van der Waals surface area contributed by atoms with Crippen molar-refractivity contribution in [3.05, 3.63) is 78.3 Å². The van der Waals surface area contributed by atoms with E-state index in [-0.39, 0.29) is 17.7 Å². The second-order valence-corrected chi connectivity index (χ2v) is 7.76. The summed E-state index contributed by atoms with van der Waals surface area (Å²) < 4.78 is 10.9. The molecule has 2 aromatic carbocycles. The van der Waals surface area contributed by atoms with Crippen molar-refractivity contribution in [1.29, 1.82) is 0 Å². The van der Waals surface area contributed by atoms with Gasteiger partial charge in [0.05, 0.1) is 23.6 Å². The molecular weight excluding hydrogens is 398 g/mol. The number of aryl methyl sites for hydroxylation is 1. The predicted molar refractivity (Wildman–Crippen MR) is 116 cm³/mol. The first-order valence-corrected chi connectivity index (χ1v) is 10.5. The average Bonchev–Trinajstić information content (AvgIpc) is 3.41. The van der Waals surface area contributed by atoms with Crippen LogP contribution in [-0.2, 0) is 4.79 Å². The zero-order valence-corrected chi connectivity index (χ0v) is 17.5. The highest BCUT2D eigenvalue weighted by Crippen LogP contribution is 2.26. The van der Waals surface area contributed by atoms with E-state index < -0.39 is 0 Å². The van der Waals surface area contributed by atoms with Crippen LogP contribution < -0.4 is 5.32 Å². The topological polar surface area (TPSA) is 81.2 Å². The third-order valence-electron chi connectivity index (χ3n) is 4.72. The zero-order chi connectivity index (χ0) is 20.9. The largest absolute Gasteiger partial charge is 0.469 e. The summed E-state index contributed by atoms with van der Waals surface area (Å²) in [5, 5.41) is 11.3. The molecule has 7 heteroatoms. The van der Waals surface area contributed by atoms with Gasteiger partial charge in [-0.1, -0.05) is 66.4 Å². The smallest absolute Gasteiger partial charge is 0.277 e. The van der Waals surface area contributed by atoms with E-state index in [4.69, 9.17) is 8.83 Å². The number of hydrogen-bond donors (Lipinski definition) is 1. The fourth-order valence-corrected chi connectivity index (χ4v) is 3.65. The lowest BCUT2D eigenvalue weighted by Gasteiger charge is -2.14. The Hall–Kier alpha value is -3.32. The molecule has 2 aromatic heterocycles. The summed E-state index contributed by atoms with van der Waals surface area (Å²) in [4.78, 5) is 12.3. The molecule has 4 aromatic rings. The number of carbonyl (C=O) groups is 1. The summed E-state index contributed by atoms with van der Waals surface area (Å²) >= 11 is 1.21. The maximum absolute atomic E-state index is 12.3. The van der Waals surface area contributed by atoms with Crippen molar-refractivity contribution >= 4 is 17.7 Å². The quantitative estimate of drug-likeness (QED) is 0.411. The summed E-state index contributed by atoms with van der Waals surface area (Å²) in [5.74, 6) is 1.19. The molecule has 2 heterocycles. The molecule has 0 spiro atoms. The lowest BCUT2D eigenvalue weighted by molar-refractivity contribution is -0.119. The average molecular weight is 420 g/mol. The zero-order valence-electron chi connectivity index (χ0n) is 16.7. The van der Waals surface area contributed by atoms with Crippen molar-refractivity contribution in [3.8, 4) is 22.6 Å². The van der Waals surface area contributed by atoms with E-state index in [0.29, 0.717) is 16.9 Å². The number of nitrogens with one attached hydrogen (secondary N) is 1. The van der Waals surface area contributed by atoms with Crippen LogP contribution in [0.1, 0.15) is 24.3 Å². The van der Waals surface area contributed by atoms with Gasteiger partial charge in [-0.05, 0) is 36.6 Å². The van der Waals surface area contributed by atoms with Gasteiger partial charge in [-0.15, -0.1) is 10.2 Å². The van der Waals surface area contributed by atoms with Crippen molar-refractivity contribution in [2.45, 2.75) is 25.1 Å². The molecule has 0 fully saturated rings. The summed E-state index contributed by atoms with van der Waals surface area (Å²) in [6.07, 6.45) is 1.57. The van der Waals surface area contributed by atoms with E-state index in [0.717, 1.165) is 16.7 Å². The maximum Gasteiger partial charge on any atom is 0.277 e. The molecule has 0 saturated carbocycles. The van der Waals surface area contributed by atoms with Crippen LogP contribution in [0.2, 0.25) is 0 Å². The molecule has 1 N–H and O–H groups in total. The molecule has 1 unspecified atom stereocenters. The van der Waals surface area contributed by atoms with Gasteiger partial charge in [0.15, 0.2) is 0 Å². The van der Waals surface area contributed by atoms with Crippen molar-refractivity contribution < 1.29 is 13.6 Å². The molecule has 6 nitrogen and oxygen atoms in total. The SMILES string of the molecule is Cc1occc1-c1nnc(SCC(=O)NC(C)c2ccc(-c3ccccc3)cc2)o1. The molecule has 0 aliphatic heterocycles. The number of amides is 1. The van der Waals surface area contributed by atoms with Crippen LogP contribution in [0, 0.1) is 6.92 Å². The Morgan fingerprint density at radius 2 is 1.77 bits per heavy atom. The third kappa shape index (κ3) is 4.63. The van der Waals surface area contributed by atoms with Crippen LogP contribution in [0.15, 0.2) is 81.0 Å². The predicted octanol–water partition coefficient (Wildman–Crippen LogP) is 5.27. The molecule has 1 atom stereocenters. The van der Waals surface area contributed by atoms with E-state index in [9.17, 15) is 4.79 Å². The normalized spacial score (nSPS) is 11.9.